The van der Waals surface area contributed by atoms with Crippen molar-refractivity contribution in [1.29, 1.82) is 0 Å². The number of hydrogen-bond donors (Lipinski definition) is 0. The average molecular weight is 368 g/mol. The molecule has 1 fully saturated rings. The van der Waals surface area contributed by atoms with Crippen molar-refractivity contribution in [2.75, 3.05) is 13.1 Å². The number of halogens is 1. The van der Waals surface area contributed by atoms with E-state index in [0.717, 1.165) is 45.2 Å². The van der Waals surface area contributed by atoms with E-state index < -0.39 is 6.17 Å². The Balaban J connectivity index is 1.45. The lowest BCUT2D eigenvalue weighted by molar-refractivity contribution is 0.222. The van der Waals surface area contributed by atoms with Gasteiger partial charge in [-0.25, -0.2) is 4.39 Å². The van der Waals surface area contributed by atoms with Crippen molar-refractivity contribution in [1.82, 2.24) is 4.90 Å². The monoisotopic (exact) mass is 367 g/mol. The Morgan fingerprint density at radius 2 is 1.59 bits per heavy atom. The summed E-state index contributed by atoms with van der Waals surface area (Å²) in [6.45, 7) is 6.81. The summed E-state index contributed by atoms with van der Waals surface area (Å²) < 4.78 is 13.9. The molecule has 2 heteroatoms. The first-order valence-electron chi connectivity index (χ1n) is 10.6. The molecular formula is C25H34FN. The Morgan fingerprint density at radius 3 is 2.22 bits per heavy atom. The Labute approximate surface area is 164 Å². The Morgan fingerprint density at radius 1 is 0.889 bits per heavy atom. The highest BCUT2D eigenvalue weighted by atomic mass is 19.1. The predicted octanol–water partition coefficient (Wildman–Crippen LogP) is 6.18. The summed E-state index contributed by atoms with van der Waals surface area (Å²) in [7, 11) is 0. The van der Waals surface area contributed by atoms with Gasteiger partial charge in [-0.15, -0.1) is 0 Å². The highest BCUT2D eigenvalue weighted by Crippen LogP contribution is 2.36. The number of rotatable bonds is 9. The lowest BCUT2D eigenvalue weighted by Gasteiger charge is -2.26. The first kappa shape index (κ1) is 20.1. The van der Waals surface area contributed by atoms with Crippen molar-refractivity contribution in [2.24, 2.45) is 0 Å². The van der Waals surface area contributed by atoms with E-state index in [1.54, 1.807) is 0 Å². The molecule has 27 heavy (non-hydrogen) atoms. The summed E-state index contributed by atoms with van der Waals surface area (Å²) in [5.74, 6) is 0.133. The third kappa shape index (κ3) is 5.90. The number of aryl methyl sites for hydroxylation is 1. The highest BCUT2D eigenvalue weighted by Gasteiger charge is 2.28. The Kier molecular flexibility index (Phi) is 7.46. The minimum atomic E-state index is -0.639. The van der Waals surface area contributed by atoms with E-state index in [0.29, 0.717) is 6.04 Å². The zero-order chi connectivity index (χ0) is 19.1. The van der Waals surface area contributed by atoms with E-state index in [4.69, 9.17) is 0 Å². The largest absolute Gasteiger partial charge is 0.301 e. The van der Waals surface area contributed by atoms with Gasteiger partial charge >= 0.3 is 0 Å². The van der Waals surface area contributed by atoms with Crippen LogP contribution in [-0.4, -0.2) is 30.2 Å². The van der Waals surface area contributed by atoms with E-state index in [1.807, 2.05) is 0 Å². The van der Waals surface area contributed by atoms with Crippen molar-refractivity contribution in [3.63, 3.8) is 0 Å². The molecule has 1 aliphatic carbocycles. The molecule has 0 amide bonds. The van der Waals surface area contributed by atoms with Crippen molar-refractivity contribution in [3.8, 4) is 0 Å². The van der Waals surface area contributed by atoms with Gasteiger partial charge in [-0.2, -0.15) is 0 Å². The van der Waals surface area contributed by atoms with Crippen LogP contribution in [0.1, 0.15) is 62.1 Å². The standard InChI is InChI=1S/C25H34FN/c1-20(2)27(19-17-21-8-4-3-5-9-21)18-7-10-22-13-15-23(16-14-22)24-11-6-12-25(24)26/h3-5,8-9,13-16,20,24-25H,6-7,10-12,17-19H2,1-2H3. The number of benzene rings is 2. The van der Waals surface area contributed by atoms with Crippen molar-refractivity contribution < 1.29 is 4.39 Å². The molecule has 0 spiro atoms. The second kappa shape index (κ2) is 10.0. The van der Waals surface area contributed by atoms with Crippen LogP contribution in [0.15, 0.2) is 54.6 Å². The van der Waals surface area contributed by atoms with Gasteiger partial charge in [-0.05, 0) is 75.6 Å². The fraction of sp³-hybridized carbons (Fsp3) is 0.520. The first-order valence-corrected chi connectivity index (χ1v) is 10.6. The molecule has 0 bridgehead atoms. The van der Waals surface area contributed by atoms with Gasteiger partial charge in [0.2, 0.25) is 0 Å². The van der Waals surface area contributed by atoms with E-state index in [9.17, 15) is 4.39 Å². The number of hydrogen-bond acceptors (Lipinski definition) is 1. The molecule has 0 N–H and O–H groups in total. The van der Waals surface area contributed by atoms with Gasteiger partial charge in [0, 0.05) is 18.5 Å². The molecule has 3 rings (SSSR count). The third-order valence-electron chi connectivity index (χ3n) is 6.01. The molecule has 146 valence electrons. The topological polar surface area (TPSA) is 3.24 Å². The molecule has 1 aliphatic rings. The Hall–Kier alpha value is -1.67. The third-order valence-corrected chi connectivity index (χ3v) is 6.01. The molecule has 0 aliphatic heterocycles. The summed E-state index contributed by atoms with van der Waals surface area (Å²) in [6, 6.07) is 20.1. The normalized spacial score (nSPS) is 19.9. The molecule has 0 heterocycles. The fourth-order valence-electron chi connectivity index (χ4n) is 4.25. The van der Waals surface area contributed by atoms with Crippen molar-refractivity contribution in [2.45, 2.75) is 70.5 Å². The second-order valence-electron chi connectivity index (χ2n) is 8.26. The number of alkyl halides is 1. The summed E-state index contributed by atoms with van der Waals surface area (Å²) >= 11 is 0. The van der Waals surface area contributed by atoms with Gasteiger partial charge < -0.3 is 4.90 Å². The van der Waals surface area contributed by atoms with Crippen molar-refractivity contribution in [3.05, 3.63) is 71.3 Å². The zero-order valence-corrected chi connectivity index (χ0v) is 16.9. The maximum Gasteiger partial charge on any atom is 0.107 e. The summed E-state index contributed by atoms with van der Waals surface area (Å²) in [5, 5.41) is 0. The van der Waals surface area contributed by atoms with Crippen LogP contribution in [0.25, 0.3) is 0 Å². The smallest absolute Gasteiger partial charge is 0.107 e. The Bertz CT molecular complexity index is 664. The quantitative estimate of drug-likeness (QED) is 0.512. The molecule has 2 unspecified atom stereocenters. The summed E-state index contributed by atoms with van der Waals surface area (Å²) in [4.78, 5) is 2.58. The van der Waals surface area contributed by atoms with Crippen LogP contribution in [0.2, 0.25) is 0 Å². The SMILES string of the molecule is CC(C)N(CCCc1ccc(C2CCCC2F)cc1)CCc1ccccc1. The van der Waals surface area contributed by atoms with Crippen LogP contribution in [-0.2, 0) is 12.8 Å². The lowest BCUT2D eigenvalue weighted by Crippen LogP contribution is -2.34. The lowest BCUT2D eigenvalue weighted by atomic mass is 9.95. The zero-order valence-electron chi connectivity index (χ0n) is 16.9. The predicted molar refractivity (Wildman–Crippen MR) is 113 cm³/mol. The molecule has 0 aromatic heterocycles. The first-order chi connectivity index (χ1) is 13.1. The highest BCUT2D eigenvalue weighted by molar-refractivity contribution is 5.27. The molecule has 1 saturated carbocycles. The van der Waals surface area contributed by atoms with Gasteiger partial charge in [-0.1, -0.05) is 54.6 Å². The maximum absolute atomic E-state index is 13.9. The van der Waals surface area contributed by atoms with Gasteiger partial charge in [-0.3, -0.25) is 0 Å². The molecule has 1 nitrogen and oxygen atoms in total. The van der Waals surface area contributed by atoms with Crippen LogP contribution in [0.3, 0.4) is 0 Å². The average Bonchev–Trinajstić information content (AvgIpc) is 3.11. The van der Waals surface area contributed by atoms with E-state index in [1.165, 1.54) is 23.1 Å². The van der Waals surface area contributed by atoms with Crippen LogP contribution in [0.5, 0.6) is 0 Å². The molecular weight excluding hydrogens is 333 g/mol. The van der Waals surface area contributed by atoms with Gasteiger partial charge in [0.1, 0.15) is 6.17 Å². The van der Waals surface area contributed by atoms with E-state index in [-0.39, 0.29) is 5.92 Å². The van der Waals surface area contributed by atoms with E-state index in [2.05, 4.69) is 73.3 Å². The second-order valence-corrected chi connectivity index (χ2v) is 8.26. The van der Waals surface area contributed by atoms with Crippen LogP contribution in [0, 0.1) is 0 Å². The molecule has 2 aromatic rings. The van der Waals surface area contributed by atoms with Crippen LogP contribution >= 0.6 is 0 Å². The van der Waals surface area contributed by atoms with Gasteiger partial charge in [0.05, 0.1) is 0 Å². The minimum Gasteiger partial charge on any atom is -0.301 e. The fourth-order valence-corrected chi connectivity index (χ4v) is 4.25. The van der Waals surface area contributed by atoms with Crippen LogP contribution in [0.4, 0.5) is 4.39 Å². The molecule has 0 saturated heterocycles. The molecule has 0 radical (unpaired) electrons. The van der Waals surface area contributed by atoms with Crippen LogP contribution < -0.4 is 0 Å². The molecule has 2 aromatic carbocycles. The van der Waals surface area contributed by atoms with Gasteiger partial charge in [0.15, 0.2) is 0 Å². The number of nitrogens with zero attached hydrogens (tertiary/aromatic N) is 1. The van der Waals surface area contributed by atoms with E-state index >= 15 is 0 Å². The van der Waals surface area contributed by atoms with Crippen molar-refractivity contribution >= 4 is 0 Å². The summed E-state index contributed by atoms with van der Waals surface area (Å²) in [5.41, 5.74) is 3.98. The molecule has 2 atom stereocenters. The minimum absolute atomic E-state index is 0.133. The summed E-state index contributed by atoms with van der Waals surface area (Å²) in [6.07, 6.45) is 5.51. The maximum atomic E-state index is 13.9. The van der Waals surface area contributed by atoms with Gasteiger partial charge in [0.25, 0.3) is 0 Å².